The number of thiocarbonyl (C=S) groups is 1. The zero-order valence-electron chi connectivity index (χ0n) is 14.3. The van der Waals surface area contributed by atoms with Crippen LogP contribution < -0.4 is 10.6 Å². The van der Waals surface area contributed by atoms with Crippen LogP contribution in [0.5, 0.6) is 0 Å². The Bertz CT molecular complexity index is 957. The van der Waals surface area contributed by atoms with Crippen LogP contribution in [0.15, 0.2) is 42.7 Å². The number of halogens is 2. The molecule has 0 saturated carbocycles. The van der Waals surface area contributed by atoms with Crippen LogP contribution in [-0.4, -0.2) is 19.9 Å². The lowest BCUT2D eigenvalue weighted by Gasteiger charge is -2.11. The fraction of sp³-hybridized carbons (Fsp3) is 0.167. The Morgan fingerprint density at radius 2 is 2.00 bits per heavy atom. The van der Waals surface area contributed by atoms with E-state index in [9.17, 15) is 4.39 Å². The molecule has 0 bridgehead atoms. The zero-order valence-corrected chi connectivity index (χ0v) is 15.8. The van der Waals surface area contributed by atoms with Crippen molar-refractivity contribution in [3.63, 3.8) is 0 Å². The lowest BCUT2D eigenvalue weighted by molar-refractivity contribution is 0.624. The maximum atomic E-state index is 13.1. The third kappa shape index (κ3) is 4.56. The fourth-order valence-corrected chi connectivity index (χ4v) is 2.81. The highest BCUT2D eigenvalue weighted by Gasteiger charge is 2.08. The molecule has 2 N–H and O–H groups in total. The molecule has 0 aliphatic carbocycles. The SMILES string of the molecule is Cc1ccc(C)c(NC(=S)Nc2ncn(Cc3ccc(F)cc3Cl)n2)c1. The van der Waals surface area contributed by atoms with Gasteiger partial charge in [-0.2, -0.15) is 0 Å². The number of nitrogens with zero attached hydrogens (tertiary/aromatic N) is 3. The van der Waals surface area contributed by atoms with E-state index in [0.29, 0.717) is 22.6 Å². The smallest absolute Gasteiger partial charge is 0.248 e. The van der Waals surface area contributed by atoms with Gasteiger partial charge in [0.25, 0.3) is 0 Å². The maximum absolute atomic E-state index is 13.1. The quantitative estimate of drug-likeness (QED) is 0.641. The Kier molecular flexibility index (Phi) is 5.49. The number of rotatable bonds is 4. The first kappa shape index (κ1) is 18.3. The second-order valence-corrected chi connectivity index (χ2v) is 6.71. The molecule has 1 heterocycles. The molecule has 0 fully saturated rings. The molecule has 0 aliphatic rings. The molecule has 0 atom stereocenters. The summed E-state index contributed by atoms with van der Waals surface area (Å²) in [6.07, 6.45) is 1.56. The summed E-state index contributed by atoms with van der Waals surface area (Å²) in [6.45, 7) is 4.40. The van der Waals surface area contributed by atoms with Crippen LogP contribution in [0.25, 0.3) is 0 Å². The number of hydrogen-bond acceptors (Lipinski definition) is 3. The highest BCUT2D eigenvalue weighted by atomic mass is 35.5. The minimum Gasteiger partial charge on any atom is -0.332 e. The Hall–Kier alpha value is -2.51. The number of benzene rings is 2. The van der Waals surface area contributed by atoms with Crippen LogP contribution in [-0.2, 0) is 6.54 Å². The van der Waals surface area contributed by atoms with E-state index >= 15 is 0 Å². The summed E-state index contributed by atoms with van der Waals surface area (Å²) in [6, 6.07) is 10.3. The van der Waals surface area contributed by atoms with Crippen LogP contribution in [0, 0.1) is 19.7 Å². The molecule has 0 radical (unpaired) electrons. The van der Waals surface area contributed by atoms with Crippen LogP contribution in [0.3, 0.4) is 0 Å². The average Bonchev–Trinajstić information content (AvgIpc) is 3.00. The highest BCUT2D eigenvalue weighted by Crippen LogP contribution is 2.19. The van der Waals surface area contributed by atoms with Gasteiger partial charge in [0.15, 0.2) is 5.11 Å². The van der Waals surface area contributed by atoms with Crippen LogP contribution in [0.2, 0.25) is 5.02 Å². The number of nitrogens with one attached hydrogen (secondary N) is 2. The number of aryl methyl sites for hydroxylation is 2. The Labute approximate surface area is 161 Å². The molecule has 134 valence electrons. The number of hydrogen-bond donors (Lipinski definition) is 2. The predicted molar refractivity (Wildman–Crippen MR) is 106 cm³/mol. The van der Waals surface area contributed by atoms with Gasteiger partial charge in [0.05, 0.1) is 6.54 Å². The van der Waals surface area contributed by atoms with Crippen molar-refractivity contribution in [2.45, 2.75) is 20.4 Å². The van der Waals surface area contributed by atoms with Crippen molar-refractivity contribution in [1.82, 2.24) is 14.8 Å². The van der Waals surface area contributed by atoms with Gasteiger partial charge in [-0.25, -0.2) is 14.1 Å². The van der Waals surface area contributed by atoms with Crippen molar-refractivity contribution in [2.24, 2.45) is 0 Å². The van der Waals surface area contributed by atoms with Crippen molar-refractivity contribution in [3.05, 3.63) is 70.3 Å². The first-order chi connectivity index (χ1) is 12.4. The summed E-state index contributed by atoms with van der Waals surface area (Å²) in [5.74, 6) is -0.00592. The van der Waals surface area contributed by atoms with Crippen LogP contribution in [0.4, 0.5) is 16.0 Å². The molecule has 26 heavy (non-hydrogen) atoms. The summed E-state index contributed by atoms with van der Waals surface area (Å²) in [5.41, 5.74) is 3.91. The molecule has 1 aromatic heterocycles. The second-order valence-electron chi connectivity index (χ2n) is 5.90. The van der Waals surface area contributed by atoms with E-state index in [1.807, 2.05) is 32.0 Å². The third-order valence-corrected chi connectivity index (χ3v) is 4.31. The van der Waals surface area contributed by atoms with Crippen molar-refractivity contribution < 1.29 is 4.39 Å². The van der Waals surface area contributed by atoms with Crippen molar-refractivity contribution in [3.8, 4) is 0 Å². The molecule has 3 aromatic rings. The van der Waals surface area contributed by atoms with E-state index in [1.165, 1.54) is 12.1 Å². The first-order valence-corrected chi connectivity index (χ1v) is 8.68. The van der Waals surface area contributed by atoms with Gasteiger partial charge in [-0.1, -0.05) is 29.8 Å². The van der Waals surface area contributed by atoms with Gasteiger partial charge in [-0.05, 0) is 61.0 Å². The molecule has 2 aromatic carbocycles. The molecular weight excluding hydrogens is 373 g/mol. The monoisotopic (exact) mass is 389 g/mol. The maximum Gasteiger partial charge on any atom is 0.248 e. The van der Waals surface area contributed by atoms with E-state index in [4.69, 9.17) is 23.8 Å². The summed E-state index contributed by atoms with van der Waals surface area (Å²) >= 11 is 11.4. The van der Waals surface area contributed by atoms with Crippen molar-refractivity contribution in [1.29, 1.82) is 0 Å². The number of aromatic nitrogens is 3. The van der Waals surface area contributed by atoms with Gasteiger partial charge in [-0.15, -0.1) is 5.10 Å². The van der Waals surface area contributed by atoms with Gasteiger partial charge in [-0.3, -0.25) is 5.32 Å². The van der Waals surface area contributed by atoms with Crippen LogP contribution in [0.1, 0.15) is 16.7 Å². The normalized spacial score (nSPS) is 10.6. The lowest BCUT2D eigenvalue weighted by Crippen LogP contribution is -2.20. The van der Waals surface area contributed by atoms with E-state index < -0.39 is 0 Å². The van der Waals surface area contributed by atoms with Gasteiger partial charge in [0, 0.05) is 10.7 Å². The zero-order chi connectivity index (χ0) is 18.7. The van der Waals surface area contributed by atoms with Gasteiger partial charge in [0.2, 0.25) is 5.95 Å². The van der Waals surface area contributed by atoms with Crippen molar-refractivity contribution >= 4 is 40.6 Å². The second kappa shape index (κ2) is 7.80. The molecule has 0 amide bonds. The summed E-state index contributed by atoms with van der Waals surface area (Å²) < 4.78 is 14.7. The van der Waals surface area contributed by atoms with Crippen molar-refractivity contribution in [2.75, 3.05) is 10.6 Å². The first-order valence-electron chi connectivity index (χ1n) is 7.89. The molecule has 0 aliphatic heterocycles. The summed E-state index contributed by atoms with van der Waals surface area (Å²) in [4.78, 5) is 4.18. The minimum absolute atomic E-state index is 0.349. The molecule has 0 unspecified atom stereocenters. The molecule has 0 saturated heterocycles. The number of anilines is 2. The van der Waals surface area contributed by atoms with Gasteiger partial charge < -0.3 is 5.32 Å². The molecule has 5 nitrogen and oxygen atoms in total. The third-order valence-electron chi connectivity index (χ3n) is 3.75. The summed E-state index contributed by atoms with van der Waals surface area (Å²) in [7, 11) is 0. The average molecular weight is 390 g/mol. The minimum atomic E-state index is -0.373. The van der Waals surface area contributed by atoms with E-state index in [2.05, 4.69) is 20.7 Å². The Balaban J connectivity index is 1.64. The van der Waals surface area contributed by atoms with E-state index in [0.717, 1.165) is 22.4 Å². The Morgan fingerprint density at radius 1 is 1.19 bits per heavy atom. The van der Waals surface area contributed by atoms with Crippen LogP contribution >= 0.6 is 23.8 Å². The van der Waals surface area contributed by atoms with Gasteiger partial charge in [0.1, 0.15) is 12.1 Å². The predicted octanol–water partition coefficient (Wildman–Crippen LogP) is 4.54. The lowest BCUT2D eigenvalue weighted by atomic mass is 10.1. The molecule has 0 spiro atoms. The molecule has 3 rings (SSSR count). The molecular formula is C18H17ClFN5S. The fourth-order valence-electron chi connectivity index (χ4n) is 2.38. The summed E-state index contributed by atoms with van der Waals surface area (Å²) in [5, 5.41) is 11.1. The standard InChI is InChI=1S/C18H17ClFN5S/c1-11-3-4-12(2)16(7-11)22-18(26)23-17-21-10-25(24-17)9-13-5-6-14(20)8-15(13)19/h3-8,10H,9H2,1-2H3,(H2,22,23,24,26). The topological polar surface area (TPSA) is 54.8 Å². The van der Waals surface area contributed by atoms with E-state index in [-0.39, 0.29) is 5.82 Å². The highest BCUT2D eigenvalue weighted by molar-refractivity contribution is 7.80. The Morgan fingerprint density at radius 3 is 2.77 bits per heavy atom. The molecule has 8 heteroatoms. The largest absolute Gasteiger partial charge is 0.332 e. The van der Waals surface area contributed by atoms with E-state index in [1.54, 1.807) is 17.1 Å². The van der Waals surface area contributed by atoms with Gasteiger partial charge >= 0.3 is 0 Å².